The van der Waals surface area contributed by atoms with Crippen LogP contribution in [0.1, 0.15) is 43.4 Å². The van der Waals surface area contributed by atoms with Crippen LogP contribution in [0.15, 0.2) is 42.5 Å². The fourth-order valence-electron chi connectivity index (χ4n) is 3.77. The number of carbonyl (C=O) groups excluding carboxylic acids is 3. The second kappa shape index (κ2) is 10.1. The van der Waals surface area contributed by atoms with Gasteiger partial charge in [0.05, 0.1) is 13.0 Å². The first-order valence-corrected chi connectivity index (χ1v) is 10.5. The number of likely N-dealkylation sites (N-methyl/N-ethyl adjacent to an activating group) is 1. The first-order valence-electron chi connectivity index (χ1n) is 10.5. The lowest BCUT2D eigenvalue weighted by Gasteiger charge is -2.21. The largest absolute Gasteiger partial charge is 0.333 e. The smallest absolute Gasteiger partial charge is 0.243 e. The van der Waals surface area contributed by atoms with Crippen molar-refractivity contribution >= 4 is 29.1 Å². The highest BCUT2D eigenvalue weighted by Gasteiger charge is 2.17. The van der Waals surface area contributed by atoms with Crippen molar-refractivity contribution in [3.05, 3.63) is 59.2 Å². The number of nitrogens with one attached hydrogen (secondary N) is 2. The van der Waals surface area contributed by atoms with Gasteiger partial charge in [-0.25, -0.2) is 0 Å². The molecule has 6 heteroatoms. The molecule has 158 valence electrons. The molecule has 0 aliphatic heterocycles. The summed E-state index contributed by atoms with van der Waals surface area (Å²) < 4.78 is 0. The van der Waals surface area contributed by atoms with Gasteiger partial charge >= 0.3 is 0 Å². The lowest BCUT2D eigenvalue weighted by molar-refractivity contribution is -0.133. The maximum absolute atomic E-state index is 12.8. The molecule has 0 saturated carbocycles. The summed E-state index contributed by atoms with van der Waals surface area (Å²) in [5, 5.41) is 5.48. The molecule has 0 atom stereocenters. The van der Waals surface area contributed by atoms with E-state index in [0.29, 0.717) is 24.3 Å². The molecule has 0 spiro atoms. The van der Waals surface area contributed by atoms with Gasteiger partial charge < -0.3 is 15.5 Å². The van der Waals surface area contributed by atoms with Crippen LogP contribution >= 0.6 is 0 Å². The highest BCUT2D eigenvalue weighted by Crippen LogP contribution is 2.22. The first kappa shape index (κ1) is 21.6. The number of hydrogen-bond donors (Lipinski definition) is 2. The maximum Gasteiger partial charge on any atom is 0.243 e. The van der Waals surface area contributed by atoms with Crippen LogP contribution in [0.4, 0.5) is 11.4 Å². The predicted molar refractivity (Wildman–Crippen MR) is 118 cm³/mol. The molecule has 2 aromatic rings. The summed E-state index contributed by atoms with van der Waals surface area (Å²) in [4.78, 5) is 37.8. The van der Waals surface area contributed by atoms with Crippen molar-refractivity contribution in [3.8, 4) is 0 Å². The molecule has 1 aliphatic rings. The van der Waals surface area contributed by atoms with Gasteiger partial charge in [-0.1, -0.05) is 18.2 Å². The number of aryl methyl sites for hydroxylation is 2. The number of amides is 3. The van der Waals surface area contributed by atoms with E-state index in [1.807, 2.05) is 13.0 Å². The van der Waals surface area contributed by atoms with E-state index in [-0.39, 0.29) is 24.3 Å². The van der Waals surface area contributed by atoms with E-state index < -0.39 is 0 Å². The van der Waals surface area contributed by atoms with Crippen LogP contribution in [0.5, 0.6) is 0 Å². The molecule has 30 heavy (non-hydrogen) atoms. The topological polar surface area (TPSA) is 78.5 Å². The summed E-state index contributed by atoms with van der Waals surface area (Å²) in [6, 6.07) is 13.2. The number of carbonyl (C=O) groups is 3. The minimum Gasteiger partial charge on any atom is -0.333 e. The average molecular weight is 408 g/mol. The van der Waals surface area contributed by atoms with E-state index in [0.717, 1.165) is 18.4 Å². The molecule has 0 bridgehead atoms. The summed E-state index contributed by atoms with van der Waals surface area (Å²) in [6.45, 7) is 3.79. The van der Waals surface area contributed by atoms with Crippen LogP contribution in [0.3, 0.4) is 0 Å². The molecule has 0 saturated heterocycles. The van der Waals surface area contributed by atoms with Crippen molar-refractivity contribution < 1.29 is 14.4 Å². The first-order chi connectivity index (χ1) is 14.4. The van der Waals surface area contributed by atoms with Crippen molar-refractivity contribution in [3.63, 3.8) is 0 Å². The number of fused-ring (bicyclic) bond motifs is 1. The lowest BCUT2D eigenvalue weighted by atomic mass is 9.90. The third-order valence-electron chi connectivity index (χ3n) is 5.33. The Kier molecular flexibility index (Phi) is 7.22. The summed E-state index contributed by atoms with van der Waals surface area (Å²) in [5.74, 6) is -0.449. The molecule has 0 fully saturated rings. The van der Waals surface area contributed by atoms with E-state index >= 15 is 0 Å². The van der Waals surface area contributed by atoms with Crippen LogP contribution < -0.4 is 10.6 Å². The van der Waals surface area contributed by atoms with Crippen LogP contribution in [-0.2, 0) is 33.6 Å². The molecule has 0 unspecified atom stereocenters. The molecule has 2 N–H and O–H groups in total. The SMILES string of the molecule is CCN(CC(=O)Nc1ccc(NC(C)=O)cc1)C(=O)Cc1ccc2c(c1)CCCC2. The molecule has 1 aliphatic carbocycles. The van der Waals surface area contributed by atoms with Crippen molar-refractivity contribution in [2.45, 2.75) is 46.0 Å². The van der Waals surface area contributed by atoms with Crippen LogP contribution in [-0.4, -0.2) is 35.7 Å². The standard InChI is InChI=1S/C24H29N3O3/c1-3-27(16-23(29)26-22-12-10-21(11-13-22)25-17(2)28)24(30)15-18-8-9-19-6-4-5-7-20(19)14-18/h8-14H,3-7,15-16H2,1-2H3,(H,25,28)(H,26,29). The van der Waals surface area contributed by atoms with Gasteiger partial charge in [0.25, 0.3) is 0 Å². The van der Waals surface area contributed by atoms with Crippen molar-refractivity contribution in [2.24, 2.45) is 0 Å². The van der Waals surface area contributed by atoms with Gasteiger partial charge in [-0.3, -0.25) is 14.4 Å². The van der Waals surface area contributed by atoms with E-state index in [4.69, 9.17) is 0 Å². The zero-order valence-electron chi connectivity index (χ0n) is 17.7. The zero-order chi connectivity index (χ0) is 21.5. The average Bonchev–Trinajstić information content (AvgIpc) is 2.73. The summed E-state index contributed by atoms with van der Waals surface area (Å²) in [7, 11) is 0. The Morgan fingerprint density at radius 1 is 0.900 bits per heavy atom. The monoisotopic (exact) mass is 407 g/mol. The van der Waals surface area contributed by atoms with Gasteiger partial charge in [-0.15, -0.1) is 0 Å². The van der Waals surface area contributed by atoms with Crippen LogP contribution in [0.25, 0.3) is 0 Å². The van der Waals surface area contributed by atoms with Gasteiger partial charge in [0.15, 0.2) is 0 Å². The number of nitrogens with zero attached hydrogens (tertiary/aromatic N) is 1. The summed E-state index contributed by atoms with van der Waals surface area (Å²) >= 11 is 0. The Bertz CT molecular complexity index is 922. The Morgan fingerprint density at radius 2 is 1.53 bits per heavy atom. The Hall–Kier alpha value is -3.15. The van der Waals surface area contributed by atoms with Gasteiger partial charge in [0.2, 0.25) is 17.7 Å². The van der Waals surface area contributed by atoms with E-state index in [2.05, 4.69) is 22.8 Å². The molecule has 0 heterocycles. The highest BCUT2D eigenvalue weighted by atomic mass is 16.2. The molecule has 3 amide bonds. The van der Waals surface area contributed by atoms with Gasteiger partial charge in [0, 0.05) is 24.8 Å². The van der Waals surface area contributed by atoms with Crippen LogP contribution in [0, 0.1) is 0 Å². The van der Waals surface area contributed by atoms with Gasteiger partial charge in [-0.2, -0.15) is 0 Å². The molecule has 3 rings (SSSR count). The number of rotatable bonds is 7. The maximum atomic E-state index is 12.8. The fourth-order valence-corrected chi connectivity index (χ4v) is 3.77. The van der Waals surface area contributed by atoms with Crippen molar-refractivity contribution in [1.82, 2.24) is 4.90 Å². The predicted octanol–water partition coefficient (Wildman–Crippen LogP) is 3.55. The number of hydrogen-bond acceptors (Lipinski definition) is 3. The Morgan fingerprint density at radius 3 is 2.17 bits per heavy atom. The Balaban J connectivity index is 1.55. The number of anilines is 2. The number of benzene rings is 2. The normalized spacial score (nSPS) is 12.6. The van der Waals surface area contributed by atoms with Crippen molar-refractivity contribution in [2.75, 3.05) is 23.7 Å². The van der Waals surface area contributed by atoms with Crippen molar-refractivity contribution in [1.29, 1.82) is 0 Å². The van der Waals surface area contributed by atoms with Crippen LogP contribution in [0.2, 0.25) is 0 Å². The molecule has 2 aromatic carbocycles. The third kappa shape index (κ3) is 5.92. The molecule has 6 nitrogen and oxygen atoms in total. The fraction of sp³-hybridized carbons (Fsp3) is 0.375. The zero-order valence-corrected chi connectivity index (χ0v) is 17.7. The molecular weight excluding hydrogens is 378 g/mol. The van der Waals surface area contributed by atoms with E-state index in [1.54, 1.807) is 29.2 Å². The van der Waals surface area contributed by atoms with Gasteiger partial charge in [0.1, 0.15) is 0 Å². The lowest BCUT2D eigenvalue weighted by Crippen LogP contribution is -2.38. The Labute approximate surface area is 177 Å². The molecular formula is C24H29N3O3. The quantitative estimate of drug-likeness (QED) is 0.737. The minimum absolute atomic E-state index is 0.00766. The second-order valence-corrected chi connectivity index (χ2v) is 7.70. The highest BCUT2D eigenvalue weighted by molar-refractivity contribution is 5.95. The molecule has 0 radical (unpaired) electrons. The third-order valence-corrected chi connectivity index (χ3v) is 5.33. The molecule has 0 aromatic heterocycles. The second-order valence-electron chi connectivity index (χ2n) is 7.70. The minimum atomic E-state index is -0.247. The summed E-state index contributed by atoms with van der Waals surface area (Å²) in [5.41, 5.74) is 5.04. The van der Waals surface area contributed by atoms with Gasteiger partial charge in [-0.05, 0) is 73.6 Å². The van der Waals surface area contributed by atoms with E-state index in [1.165, 1.54) is 30.9 Å². The van der Waals surface area contributed by atoms with E-state index in [9.17, 15) is 14.4 Å². The summed E-state index contributed by atoms with van der Waals surface area (Å²) in [6.07, 6.45) is 4.95.